The van der Waals surface area contributed by atoms with Crippen LogP contribution < -0.4 is 20.7 Å². The molecule has 1 unspecified atom stereocenters. The zero-order valence-corrected chi connectivity index (χ0v) is 18.0. The molecule has 0 bridgehead atoms. The molecule has 1 aliphatic rings. The minimum absolute atomic E-state index is 0. The maximum Gasteiger partial charge on any atom is 0.275 e. The van der Waals surface area contributed by atoms with E-state index in [1.165, 1.54) is 0 Å². The number of aromatic nitrogens is 1. The van der Waals surface area contributed by atoms with Gasteiger partial charge in [0.1, 0.15) is 11.5 Å². The van der Waals surface area contributed by atoms with Crippen LogP contribution in [0.2, 0.25) is 5.02 Å². The van der Waals surface area contributed by atoms with Gasteiger partial charge in [0.25, 0.3) is 5.91 Å². The summed E-state index contributed by atoms with van der Waals surface area (Å²) in [7, 11) is 0. The average Bonchev–Trinajstić information content (AvgIpc) is 2.68. The lowest BCUT2D eigenvalue weighted by molar-refractivity contribution is -0.135. The van der Waals surface area contributed by atoms with Crippen molar-refractivity contribution in [2.45, 2.75) is 45.3 Å². The van der Waals surface area contributed by atoms with Crippen molar-refractivity contribution in [3.63, 3.8) is 0 Å². The molecular weight excluding hydrogens is 415 g/mol. The van der Waals surface area contributed by atoms with E-state index in [-0.39, 0.29) is 30.1 Å². The number of halogens is 2. The summed E-state index contributed by atoms with van der Waals surface area (Å²) < 4.78 is 6.08. The summed E-state index contributed by atoms with van der Waals surface area (Å²) in [4.78, 5) is 31.3. The highest BCUT2D eigenvalue weighted by atomic mass is 35.5. The number of nitrogens with one attached hydrogen (secondary N) is 1. The molecule has 156 valence electrons. The van der Waals surface area contributed by atoms with E-state index in [1.807, 2.05) is 13.8 Å². The fraction of sp³-hybridized carbons (Fsp3) is 0.350. The first kappa shape index (κ1) is 22.9. The molecule has 9 heteroatoms. The molecule has 0 radical (unpaired) electrons. The average molecular weight is 439 g/mol. The molecule has 2 aromatic rings. The Bertz CT molecular complexity index is 899. The Morgan fingerprint density at radius 1 is 1.24 bits per heavy atom. The highest BCUT2D eigenvalue weighted by Gasteiger charge is 2.47. The van der Waals surface area contributed by atoms with E-state index in [4.69, 9.17) is 22.1 Å². The molecule has 0 spiro atoms. The summed E-state index contributed by atoms with van der Waals surface area (Å²) in [6, 6.07) is 9.64. The Labute approximate surface area is 181 Å². The number of amides is 2. The highest BCUT2D eigenvalue weighted by molar-refractivity contribution is 6.30. The van der Waals surface area contributed by atoms with Gasteiger partial charge in [0.2, 0.25) is 11.8 Å². The second-order valence-electron chi connectivity index (χ2n) is 6.72. The number of benzene rings is 1. The Balaban J connectivity index is 0.00000300. The van der Waals surface area contributed by atoms with E-state index in [9.17, 15) is 9.59 Å². The second kappa shape index (κ2) is 8.98. The maximum absolute atomic E-state index is 13.4. The standard InChI is InChI=1S/C20H23ClN4O3.ClH/c1-4-20(5-2)19(27)25(14-8-6-13(21)7-9-14)15-10-11-16(24-18(15)28-20)23-17(26)12(3)22;/h6-12H,4-5,22H2,1-3H3,(H,23,24,26);1H. The minimum Gasteiger partial charge on any atom is -0.459 e. The van der Waals surface area contributed by atoms with Gasteiger partial charge in [-0.1, -0.05) is 25.4 Å². The molecule has 0 aliphatic carbocycles. The van der Waals surface area contributed by atoms with Gasteiger partial charge in [-0.25, -0.2) is 0 Å². The number of anilines is 3. The van der Waals surface area contributed by atoms with Crippen molar-refractivity contribution in [3.05, 3.63) is 41.4 Å². The number of carbonyl (C=O) groups is 2. The molecule has 2 amide bonds. The Kier molecular flexibility index (Phi) is 7.11. The van der Waals surface area contributed by atoms with E-state index in [2.05, 4.69) is 10.3 Å². The van der Waals surface area contributed by atoms with Gasteiger partial charge in [0.05, 0.1) is 6.04 Å². The fourth-order valence-electron chi connectivity index (χ4n) is 3.07. The molecule has 3 rings (SSSR count). The Morgan fingerprint density at radius 2 is 1.86 bits per heavy atom. The van der Waals surface area contributed by atoms with Crippen LogP contribution in [0.3, 0.4) is 0 Å². The highest BCUT2D eigenvalue weighted by Crippen LogP contribution is 2.43. The summed E-state index contributed by atoms with van der Waals surface area (Å²) >= 11 is 6.00. The number of nitrogens with zero attached hydrogens (tertiary/aromatic N) is 2. The van der Waals surface area contributed by atoms with Crippen molar-refractivity contribution in [1.82, 2.24) is 4.98 Å². The minimum atomic E-state index is -1.04. The lowest BCUT2D eigenvalue weighted by Crippen LogP contribution is -2.54. The van der Waals surface area contributed by atoms with Gasteiger partial charge in [-0.15, -0.1) is 12.4 Å². The first-order chi connectivity index (χ1) is 13.3. The van der Waals surface area contributed by atoms with Crippen molar-refractivity contribution >= 4 is 53.0 Å². The quantitative estimate of drug-likeness (QED) is 0.733. The number of nitrogens with two attached hydrogens (primary N) is 1. The smallest absolute Gasteiger partial charge is 0.275 e. The topological polar surface area (TPSA) is 97.5 Å². The van der Waals surface area contributed by atoms with Crippen LogP contribution in [0.5, 0.6) is 5.88 Å². The van der Waals surface area contributed by atoms with Crippen LogP contribution in [0.25, 0.3) is 0 Å². The SMILES string of the molecule is CCC1(CC)Oc2nc(NC(=O)C(C)N)ccc2N(c2ccc(Cl)cc2)C1=O.Cl. The molecule has 29 heavy (non-hydrogen) atoms. The van der Waals surface area contributed by atoms with Gasteiger partial charge in [-0.3, -0.25) is 14.5 Å². The fourth-order valence-corrected chi connectivity index (χ4v) is 3.20. The first-order valence-corrected chi connectivity index (χ1v) is 9.55. The van der Waals surface area contributed by atoms with Gasteiger partial charge < -0.3 is 15.8 Å². The van der Waals surface area contributed by atoms with Crippen LogP contribution in [0, 0.1) is 0 Å². The number of hydrogen-bond donors (Lipinski definition) is 2. The molecule has 0 saturated heterocycles. The molecule has 1 aromatic heterocycles. The molecule has 0 fully saturated rings. The number of fused-ring (bicyclic) bond motifs is 1. The molecule has 1 aliphatic heterocycles. The summed E-state index contributed by atoms with van der Waals surface area (Å²) in [5.74, 6) is 0.0703. The Hall–Kier alpha value is -2.35. The van der Waals surface area contributed by atoms with Crippen molar-refractivity contribution in [3.8, 4) is 5.88 Å². The van der Waals surface area contributed by atoms with Crippen LogP contribution in [-0.4, -0.2) is 28.4 Å². The van der Waals surface area contributed by atoms with Crippen LogP contribution >= 0.6 is 24.0 Å². The third kappa shape index (κ3) is 4.32. The van der Waals surface area contributed by atoms with Gasteiger partial charge in [-0.05, 0) is 56.2 Å². The maximum atomic E-state index is 13.4. The molecule has 1 atom stereocenters. The molecule has 2 heterocycles. The van der Waals surface area contributed by atoms with Gasteiger partial charge in [-0.2, -0.15) is 4.98 Å². The predicted octanol–water partition coefficient (Wildman–Crippen LogP) is 4.06. The monoisotopic (exact) mass is 438 g/mol. The number of rotatable bonds is 5. The molecular formula is C20H24Cl2N4O3. The lowest BCUT2D eigenvalue weighted by atomic mass is 9.93. The second-order valence-corrected chi connectivity index (χ2v) is 7.16. The van der Waals surface area contributed by atoms with Gasteiger partial charge in [0, 0.05) is 10.7 Å². The van der Waals surface area contributed by atoms with E-state index < -0.39 is 11.6 Å². The van der Waals surface area contributed by atoms with Crippen molar-refractivity contribution in [2.75, 3.05) is 10.2 Å². The zero-order valence-electron chi connectivity index (χ0n) is 16.4. The van der Waals surface area contributed by atoms with Gasteiger partial charge >= 0.3 is 0 Å². The van der Waals surface area contributed by atoms with E-state index >= 15 is 0 Å². The number of pyridine rings is 1. The normalized spacial score (nSPS) is 15.6. The van der Waals surface area contributed by atoms with Crippen molar-refractivity contribution in [1.29, 1.82) is 0 Å². The summed E-state index contributed by atoms with van der Waals surface area (Å²) in [5.41, 5.74) is 5.73. The third-order valence-electron chi connectivity index (χ3n) is 4.86. The van der Waals surface area contributed by atoms with E-state index in [1.54, 1.807) is 48.2 Å². The van der Waals surface area contributed by atoms with Crippen LogP contribution in [0.4, 0.5) is 17.2 Å². The van der Waals surface area contributed by atoms with E-state index in [0.717, 1.165) is 0 Å². The Morgan fingerprint density at radius 3 is 2.41 bits per heavy atom. The largest absolute Gasteiger partial charge is 0.459 e. The van der Waals surface area contributed by atoms with Crippen molar-refractivity contribution < 1.29 is 14.3 Å². The third-order valence-corrected chi connectivity index (χ3v) is 5.11. The molecule has 7 nitrogen and oxygen atoms in total. The van der Waals surface area contributed by atoms with Crippen LogP contribution in [0.1, 0.15) is 33.6 Å². The van der Waals surface area contributed by atoms with Crippen LogP contribution in [0.15, 0.2) is 36.4 Å². The number of ether oxygens (including phenoxy) is 1. The summed E-state index contributed by atoms with van der Waals surface area (Å²) in [6.45, 7) is 5.38. The van der Waals surface area contributed by atoms with Crippen LogP contribution in [-0.2, 0) is 9.59 Å². The number of hydrogen-bond acceptors (Lipinski definition) is 5. The summed E-state index contributed by atoms with van der Waals surface area (Å²) in [5, 5.41) is 3.23. The van der Waals surface area contributed by atoms with Gasteiger partial charge in [0.15, 0.2) is 5.60 Å². The zero-order chi connectivity index (χ0) is 20.5. The predicted molar refractivity (Wildman–Crippen MR) is 116 cm³/mol. The summed E-state index contributed by atoms with van der Waals surface area (Å²) in [6.07, 6.45) is 0.952. The molecule has 0 saturated carbocycles. The van der Waals surface area contributed by atoms with E-state index in [0.29, 0.717) is 35.1 Å². The molecule has 1 aromatic carbocycles. The lowest BCUT2D eigenvalue weighted by Gasteiger charge is -2.41. The first-order valence-electron chi connectivity index (χ1n) is 9.18. The molecule has 3 N–H and O–H groups in total. The number of carbonyl (C=O) groups excluding carboxylic acids is 2. The van der Waals surface area contributed by atoms with Crippen molar-refractivity contribution in [2.24, 2.45) is 5.73 Å².